The Labute approximate surface area is 126 Å². The second kappa shape index (κ2) is 5.10. The molecule has 1 aliphatic heterocycles. The summed E-state index contributed by atoms with van der Waals surface area (Å²) >= 11 is 0. The fraction of sp³-hybridized carbons (Fsp3) is 0.200. The Morgan fingerprint density at radius 1 is 1.23 bits per heavy atom. The number of hydrogen-bond acceptors (Lipinski definition) is 5. The van der Waals surface area contributed by atoms with E-state index in [0.717, 1.165) is 30.7 Å². The van der Waals surface area contributed by atoms with Gasteiger partial charge in [0.05, 0.1) is 5.56 Å². The summed E-state index contributed by atoms with van der Waals surface area (Å²) in [6.07, 6.45) is 7.70. The quantitative estimate of drug-likeness (QED) is 0.796. The number of carbonyl (C=O) groups is 1. The van der Waals surface area contributed by atoms with Gasteiger partial charge in [0, 0.05) is 37.4 Å². The number of nitrogens with one attached hydrogen (secondary N) is 1. The number of hydrogen-bond donors (Lipinski definition) is 1. The van der Waals surface area contributed by atoms with Crippen LogP contribution in [0.1, 0.15) is 16.8 Å². The third kappa shape index (κ3) is 2.16. The van der Waals surface area contributed by atoms with Gasteiger partial charge >= 0.3 is 0 Å². The van der Waals surface area contributed by atoms with Crippen LogP contribution >= 0.6 is 0 Å². The fourth-order valence-corrected chi connectivity index (χ4v) is 2.42. The summed E-state index contributed by atoms with van der Waals surface area (Å²) in [6.45, 7) is 1.66. The van der Waals surface area contributed by atoms with Crippen molar-refractivity contribution in [1.82, 2.24) is 24.5 Å². The minimum absolute atomic E-state index is 0.0478. The highest BCUT2D eigenvalue weighted by Crippen LogP contribution is 2.22. The van der Waals surface area contributed by atoms with Gasteiger partial charge in [0.1, 0.15) is 11.8 Å². The van der Waals surface area contributed by atoms with E-state index in [-0.39, 0.29) is 5.91 Å². The van der Waals surface area contributed by atoms with Crippen LogP contribution in [0.25, 0.3) is 5.52 Å². The number of aromatic nitrogens is 4. The Hall–Kier alpha value is -2.96. The van der Waals surface area contributed by atoms with Crippen molar-refractivity contribution >= 4 is 22.9 Å². The number of amides is 1. The summed E-state index contributed by atoms with van der Waals surface area (Å²) in [6, 6.07) is 5.53. The van der Waals surface area contributed by atoms with Crippen molar-refractivity contribution in [2.75, 3.05) is 18.4 Å². The lowest BCUT2D eigenvalue weighted by Crippen LogP contribution is -2.41. The average molecular weight is 294 g/mol. The van der Waals surface area contributed by atoms with Gasteiger partial charge in [-0.1, -0.05) is 0 Å². The maximum Gasteiger partial charge on any atom is 0.255 e. The van der Waals surface area contributed by atoms with Crippen LogP contribution in [0.15, 0.2) is 43.1 Å². The molecule has 1 fully saturated rings. The van der Waals surface area contributed by atoms with E-state index in [9.17, 15) is 4.79 Å². The molecule has 3 aromatic heterocycles. The van der Waals surface area contributed by atoms with Gasteiger partial charge in [-0.2, -0.15) is 5.10 Å². The Morgan fingerprint density at radius 3 is 2.77 bits per heavy atom. The lowest BCUT2D eigenvalue weighted by molar-refractivity contribution is 0.0652. The van der Waals surface area contributed by atoms with Gasteiger partial charge in [-0.15, -0.1) is 0 Å². The predicted molar refractivity (Wildman–Crippen MR) is 81.0 cm³/mol. The zero-order valence-corrected chi connectivity index (χ0v) is 11.8. The first-order valence-corrected chi connectivity index (χ1v) is 7.11. The molecule has 0 unspecified atom stereocenters. The fourth-order valence-electron chi connectivity index (χ4n) is 2.42. The molecule has 0 aromatic carbocycles. The molecule has 110 valence electrons. The van der Waals surface area contributed by atoms with Gasteiger partial charge in [0.15, 0.2) is 5.82 Å². The van der Waals surface area contributed by atoms with Crippen LogP contribution in [0, 0.1) is 0 Å². The highest BCUT2D eigenvalue weighted by molar-refractivity contribution is 5.97. The third-order valence-corrected chi connectivity index (χ3v) is 3.74. The Morgan fingerprint density at radius 2 is 2.05 bits per heavy atom. The molecule has 4 heterocycles. The molecule has 0 radical (unpaired) electrons. The van der Waals surface area contributed by atoms with E-state index in [4.69, 9.17) is 0 Å². The van der Waals surface area contributed by atoms with Crippen LogP contribution in [0.5, 0.6) is 0 Å². The van der Waals surface area contributed by atoms with Crippen molar-refractivity contribution in [2.45, 2.75) is 6.42 Å². The molecule has 3 aromatic rings. The van der Waals surface area contributed by atoms with E-state index in [0.29, 0.717) is 11.4 Å². The molecule has 0 bridgehead atoms. The molecule has 22 heavy (non-hydrogen) atoms. The lowest BCUT2D eigenvalue weighted by Gasteiger charge is -2.30. The van der Waals surface area contributed by atoms with Crippen molar-refractivity contribution in [3.63, 3.8) is 0 Å². The van der Waals surface area contributed by atoms with Gasteiger partial charge in [-0.3, -0.25) is 9.78 Å². The molecular formula is C15H14N6O. The summed E-state index contributed by atoms with van der Waals surface area (Å²) in [5.74, 6) is 0.704. The number of carbonyl (C=O) groups excluding carboxylic acids is 1. The standard InChI is InChI=1S/C15H14N6O/c22-15(20-6-1-7-20)11-8-13-14(17-10-18-21(13)9-11)19-12-2-4-16-5-3-12/h2-5,8-10H,1,6-7H2,(H,16,17,18,19). The molecule has 0 aliphatic carbocycles. The van der Waals surface area contributed by atoms with Crippen molar-refractivity contribution in [1.29, 1.82) is 0 Å². The highest BCUT2D eigenvalue weighted by Gasteiger charge is 2.23. The maximum absolute atomic E-state index is 12.3. The first-order valence-electron chi connectivity index (χ1n) is 7.11. The van der Waals surface area contributed by atoms with E-state index in [1.807, 2.05) is 23.1 Å². The highest BCUT2D eigenvalue weighted by atomic mass is 16.2. The normalized spacial score (nSPS) is 13.9. The molecule has 1 amide bonds. The van der Waals surface area contributed by atoms with Crippen LogP contribution in [0.4, 0.5) is 11.5 Å². The van der Waals surface area contributed by atoms with Gasteiger partial charge in [-0.05, 0) is 24.6 Å². The van der Waals surface area contributed by atoms with Crippen molar-refractivity contribution < 1.29 is 4.79 Å². The second-order valence-corrected chi connectivity index (χ2v) is 5.17. The van der Waals surface area contributed by atoms with E-state index >= 15 is 0 Å². The monoisotopic (exact) mass is 294 g/mol. The van der Waals surface area contributed by atoms with Crippen molar-refractivity contribution in [3.8, 4) is 0 Å². The van der Waals surface area contributed by atoms with E-state index in [2.05, 4.69) is 20.4 Å². The average Bonchev–Trinajstić information content (AvgIpc) is 2.92. The number of nitrogens with zero attached hydrogens (tertiary/aromatic N) is 5. The molecule has 1 N–H and O–H groups in total. The molecule has 0 spiro atoms. The number of likely N-dealkylation sites (tertiary alicyclic amines) is 1. The summed E-state index contributed by atoms with van der Waals surface area (Å²) in [7, 11) is 0. The maximum atomic E-state index is 12.3. The first kappa shape index (κ1) is 12.8. The van der Waals surface area contributed by atoms with Crippen LogP contribution in [-0.2, 0) is 0 Å². The Balaban J connectivity index is 1.70. The topological polar surface area (TPSA) is 75.4 Å². The van der Waals surface area contributed by atoms with Crippen LogP contribution < -0.4 is 5.32 Å². The zero-order chi connectivity index (χ0) is 14.9. The van der Waals surface area contributed by atoms with Crippen molar-refractivity contribution in [3.05, 3.63) is 48.7 Å². The van der Waals surface area contributed by atoms with Crippen LogP contribution in [0.3, 0.4) is 0 Å². The molecule has 1 aliphatic rings. The minimum atomic E-state index is 0.0478. The molecule has 0 atom stereocenters. The number of pyridine rings is 1. The summed E-state index contributed by atoms with van der Waals surface area (Å²) in [5, 5.41) is 7.39. The molecular weight excluding hydrogens is 280 g/mol. The third-order valence-electron chi connectivity index (χ3n) is 3.74. The summed E-state index contributed by atoms with van der Waals surface area (Å²) in [5.41, 5.74) is 2.29. The van der Waals surface area contributed by atoms with Gasteiger partial charge in [-0.25, -0.2) is 9.50 Å². The van der Waals surface area contributed by atoms with Crippen LogP contribution in [0.2, 0.25) is 0 Å². The van der Waals surface area contributed by atoms with E-state index in [1.165, 1.54) is 6.33 Å². The molecule has 7 heteroatoms. The molecule has 0 saturated carbocycles. The Kier molecular flexibility index (Phi) is 2.96. The molecule has 4 rings (SSSR count). The van der Waals surface area contributed by atoms with E-state index < -0.39 is 0 Å². The van der Waals surface area contributed by atoms with Crippen molar-refractivity contribution in [2.24, 2.45) is 0 Å². The molecule has 7 nitrogen and oxygen atoms in total. The lowest BCUT2D eigenvalue weighted by atomic mass is 10.2. The minimum Gasteiger partial charge on any atom is -0.338 e. The van der Waals surface area contributed by atoms with E-state index in [1.54, 1.807) is 23.1 Å². The van der Waals surface area contributed by atoms with Gasteiger partial charge in [0.25, 0.3) is 5.91 Å². The predicted octanol–water partition coefficient (Wildman–Crippen LogP) is 1.71. The summed E-state index contributed by atoms with van der Waals surface area (Å²) in [4.78, 5) is 22.4. The number of rotatable bonds is 3. The smallest absolute Gasteiger partial charge is 0.255 e. The first-order chi connectivity index (χ1) is 10.8. The number of anilines is 2. The largest absolute Gasteiger partial charge is 0.338 e. The van der Waals surface area contributed by atoms with Gasteiger partial charge < -0.3 is 10.2 Å². The van der Waals surface area contributed by atoms with Gasteiger partial charge in [0.2, 0.25) is 0 Å². The number of fused-ring (bicyclic) bond motifs is 1. The van der Waals surface area contributed by atoms with Crippen LogP contribution in [-0.4, -0.2) is 43.5 Å². The zero-order valence-electron chi connectivity index (χ0n) is 11.8. The molecule has 1 saturated heterocycles. The summed E-state index contributed by atoms with van der Waals surface area (Å²) < 4.78 is 1.67. The second-order valence-electron chi connectivity index (χ2n) is 5.17. The Bertz CT molecular complexity index is 824. The SMILES string of the molecule is O=C(c1cc2c(Nc3ccncc3)ncnn2c1)N1CCC1.